The first-order valence-electron chi connectivity index (χ1n) is 22.1. The Hall–Kier alpha value is -5.02. The van der Waals surface area contributed by atoms with Gasteiger partial charge in [0.15, 0.2) is 5.96 Å². The van der Waals surface area contributed by atoms with Gasteiger partial charge in [-0.05, 0) is 31.7 Å². The molecule has 2 unspecified atom stereocenters. The number of aliphatic hydroxyl groups is 4. The van der Waals surface area contributed by atoms with Crippen molar-refractivity contribution in [3.8, 4) is 0 Å². The highest BCUT2D eigenvalue weighted by Crippen LogP contribution is 2.25. The second-order valence-corrected chi connectivity index (χ2v) is 19.6. The molecule has 30 heteroatoms. The molecule has 0 saturated carbocycles. The van der Waals surface area contributed by atoms with Crippen LogP contribution in [0.3, 0.4) is 0 Å². The van der Waals surface area contributed by atoms with Crippen molar-refractivity contribution < 1.29 is 69.0 Å². The van der Waals surface area contributed by atoms with Crippen LogP contribution in [-0.4, -0.2) is 200 Å². The zero-order valence-electron chi connectivity index (χ0n) is 38.2. The van der Waals surface area contributed by atoms with Crippen LogP contribution < -0.4 is 64.6 Å². The predicted molar refractivity (Wildman–Crippen MR) is 259 cm³/mol. The fraction of sp³-hybridized carbons (Fsp3) is 0.625. The summed E-state index contributed by atoms with van der Waals surface area (Å²) in [6.45, 7) is 1.02. The van der Waals surface area contributed by atoms with E-state index in [0.717, 1.165) is 28.1 Å². The molecule has 2 aliphatic rings. The predicted octanol–water partition coefficient (Wildman–Crippen LogP) is -6.70. The molecule has 2 saturated heterocycles. The summed E-state index contributed by atoms with van der Waals surface area (Å²) in [5.41, 5.74) is 11.6. The van der Waals surface area contributed by atoms with Gasteiger partial charge in [0.25, 0.3) is 0 Å². The van der Waals surface area contributed by atoms with E-state index in [1.54, 1.807) is 37.3 Å². The van der Waals surface area contributed by atoms with E-state index in [1.165, 1.54) is 10.8 Å². The summed E-state index contributed by atoms with van der Waals surface area (Å²) in [5.74, 6) is -7.59. The van der Waals surface area contributed by atoms with Crippen molar-refractivity contribution in [3.63, 3.8) is 0 Å². The lowest BCUT2D eigenvalue weighted by atomic mass is 10.0. The van der Waals surface area contributed by atoms with Crippen LogP contribution in [0.2, 0.25) is 0 Å². The number of amides is 6. The Kier molecular flexibility index (Phi) is 26.5. The normalized spacial score (nSPS) is 25.2. The van der Waals surface area contributed by atoms with Crippen LogP contribution in [0.25, 0.3) is 0 Å². The first kappa shape index (κ1) is 59.3. The molecule has 27 nitrogen and oxygen atoms in total. The van der Waals surface area contributed by atoms with Gasteiger partial charge in [-0.15, -0.1) is 0 Å². The van der Waals surface area contributed by atoms with Crippen molar-refractivity contribution in [2.24, 2.45) is 16.5 Å². The molecule has 2 heterocycles. The summed E-state index contributed by atoms with van der Waals surface area (Å²) in [6.07, 6.45) is -7.89. The van der Waals surface area contributed by atoms with Gasteiger partial charge in [-0.25, -0.2) is 0 Å². The number of aliphatic carboxylic acids is 2. The molecule has 0 radical (unpaired) electrons. The molecule has 2 fully saturated rings. The number of carboxylic acid groups (broad SMARTS) is 2. The summed E-state index contributed by atoms with van der Waals surface area (Å²) in [7, 11) is 2.35. The molecule has 1 aromatic rings. The molecule has 20 N–H and O–H groups in total. The first-order chi connectivity index (χ1) is 33.3. The van der Waals surface area contributed by atoms with Gasteiger partial charge < -0.3 is 74.0 Å². The largest absolute Gasteiger partial charge is 0.481 e. The number of nitrogens with two attached hydrogens (primary N) is 2. The number of carbonyl (C=O) groups excluding carboxylic acids is 6. The van der Waals surface area contributed by atoms with E-state index < -0.39 is 141 Å². The lowest BCUT2D eigenvalue weighted by molar-refractivity contribution is -0.141. The van der Waals surface area contributed by atoms with Gasteiger partial charge in [-0.2, -0.15) is 11.8 Å². The van der Waals surface area contributed by atoms with Crippen LogP contribution in [-0.2, 0) is 44.8 Å². The van der Waals surface area contributed by atoms with Crippen molar-refractivity contribution >= 4 is 86.7 Å². The van der Waals surface area contributed by atoms with Crippen LogP contribution in [0.4, 0.5) is 0 Å². The number of guanidine groups is 1. The fourth-order valence-corrected chi connectivity index (χ4v) is 10.1. The van der Waals surface area contributed by atoms with E-state index in [4.69, 9.17) is 11.5 Å². The number of aliphatic hydroxyl groups excluding tert-OH is 4. The average molecular weight is 1050 g/mol. The second kappa shape index (κ2) is 31.3. The Morgan fingerprint density at radius 1 is 0.843 bits per heavy atom. The van der Waals surface area contributed by atoms with Crippen LogP contribution >= 0.6 is 33.3 Å². The molecule has 0 aromatic heterocycles. The van der Waals surface area contributed by atoms with Gasteiger partial charge in [-0.1, -0.05) is 51.9 Å². The highest BCUT2D eigenvalue weighted by molar-refractivity contribution is 8.76. The van der Waals surface area contributed by atoms with Crippen molar-refractivity contribution in [2.45, 2.75) is 106 Å². The molecule has 0 bridgehead atoms. The Bertz CT molecular complexity index is 1930. The molecule has 1 aromatic carbocycles. The first-order valence-corrected chi connectivity index (χ1v) is 25.7. The van der Waals surface area contributed by atoms with Crippen molar-refractivity contribution in [3.05, 3.63) is 35.9 Å². The highest BCUT2D eigenvalue weighted by Gasteiger charge is 2.35. The lowest BCUT2D eigenvalue weighted by Gasteiger charge is -2.30. The third kappa shape index (κ3) is 22.4. The van der Waals surface area contributed by atoms with Gasteiger partial charge >= 0.3 is 11.9 Å². The number of likely N-dealkylation sites (N-methyl/N-ethyl adjacent to an activating group) is 1. The van der Waals surface area contributed by atoms with Crippen LogP contribution in [0, 0.1) is 0 Å². The molecule has 2 aliphatic heterocycles. The number of benzene rings is 1. The second-order valence-electron chi connectivity index (χ2n) is 16.0. The number of nitrogens with zero attached hydrogens (tertiary/aromatic N) is 1. The molecular weight excluding hydrogens is 983 g/mol. The zero-order chi connectivity index (χ0) is 51.8. The SMILES string of the molecule is CCNC(=O)[C@@H]1CSSC[C@H](NC(=O)[C@H](CC(=O)O)NC(O)CNC(=O)[C@H](CCCN=C(N)N)NC(=O)[C@@H]2CSC[C@H](O)NCC(=O)N[C@@H](CC(=O)O)[C@H](O)N2)C(O)N[C@@H](Cc2ccccc2)C(=O)N1. The summed E-state index contributed by atoms with van der Waals surface area (Å²) < 4.78 is 0. The molecule has 0 aliphatic carbocycles. The summed E-state index contributed by atoms with van der Waals surface area (Å²) >= 11 is 1.03. The minimum atomic E-state index is -1.79. The number of carboxylic acids is 2. The van der Waals surface area contributed by atoms with Crippen LogP contribution in [0.1, 0.15) is 38.2 Å². The number of nitrogens with one attached hydrogen (secondary N) is 10. The molecule has 11 atom stereocenters. The fourth-order valence-electron chi connectivity index (χ4n) is 6.72. The molecule has 70 heavy (non-hydrogen) atoms. The van der Waals surface area contributed by atoms with E-state index >= 15 is 0 Å². The Labute approximate surface area is 415 Å². The van der Waals surface area contributed by atoms with Gasteiger partial charge in [-0.3, -0.25) is 64.6 Å². The van der Waals surface area contributed by atoms with Crippen molar-refractivity contribution in [1.82, 2.24) is 53.2 Å². The van der Waals surface area contributed by atoms with Gasteiger partial charge in [0.2, 0.25) is 35.4 Å². The summed E-state index contributed by atoms with van der Waals surface area (Å²) in [4.78, 5) is 107. The van der Waals surface area contributed by atoms with Gasteiger partial charge in [0.05, 0.1) is 56.1 Å². The van der Waals surface area contributed by atoms with Crippen molar-refractivity contribution in [1.29, 1.82) is 0 Å². The summed E-state index contributed by atoms with van der Waals surface area (Å²) in [6, 6.07) is -0.150. The van der Waals surface area contributed by atoms with E-state index in [9.17, 15) is 69.0 Å². The summed E-state index contributed by atoms with van der Waals surface area (Å²) in [5, 5.41) is 88.5. The van der Waals surface area contributed by atoms with Gasteiger partial charge in [0, 0.05) is 36.1 Å². The Balaban J connectivity index is 1.77. The highest BCUT2D eigenvalue weighted by atomic mass is 33.1. The maximum atomic E-state index is 13.8. The third-order valence-electron chi connectivity index (χ3n) is 10.2. The number of rotatable bonds is 21. The minimum absolute atomic E-state index is 0.000297. The molecule has 3 rings (SSSR count). The van der Waals surface area contributed by atoms with Gasteiger partial charge in [0.1, 0.15) is 37.0 Å². The number of aliphatic imine (C=N–C) groups is 1. The molecule has 0 spiro atoms. The van der Waals surface area contributed by atoms with E-state index in [0.29, 0.717) is 6.54 Å². The zero-order valence-corrected chi connectivity index (χ0v) is 40.7. The smallest absolute Gasteiger partial charge is 0.305 e. The molecule has 392 valence electrons. The number of thioether (sulfide) groups is 1. The van der Waals surface area contributed by atoms with Crippen LogP contribution in [0.5, 0.6) is 0 Å². The van der Waals surface area contributed by atoms with Crippen molar-refractivity contribution in [2.75, 3.05) is 49.2 Å². The number of carbonyl (C=O) groups is 8. The van der Waals surface area contributed by atoms with E-state index in [1.807, 2.05) is 0 Å². The monoisotopic (exact) mass is 1050 g/mol. The average Bonchev–Trinajstić information content (AvgIpc) is 3.31. The lowest BCUT2D eigenvalue weighted by Crippen LogP contribution is -2.61. The number of hydrogen-bond acceptors (Lipinski definition) is 20. The standard InChI is InChI=1S/C40H65N13O14S3/c1-2-43-34(62)26-17-69-70-18-27(39(67)50-22(35(63)52-26)11-20-7-4-3-5-8-20)53-37(65)24(13-32(59)60)48-29(55)15-46-33(61)21(9-6-10-44-40(41)42)49-38(66)25-16-68-19-30(56)45-14-28(54)47-23(12-31(57)58)36(64)51-25/h3-5,7-8,21-27,29-30,36,39,45,48,50-51,55-56,64,67H,2,6,9-19H2,1H3,(H,43,62)(H,46,61)(H,47,54)(H,49,66)(H,52,63)(H,53,65)(H,57,58)(H,59,60)(H4,41,42,44)/t21-,22-,23-,24-,25-,26-,27-,29?,30-,36-,39?/m0/s1. The quantitative estimate of drug-likeness (QED) is 0.0179. The minimum Gasteiger partial charge on any atom is -0.481 e. The topological polar surface area (TPSA) is 443 Å². The van der Waals surface area contributed by atoms with E-state index in [2.05, 4.69) is 58.2 Å². The Morgan fingerprint density at radius 3 is 2.23 bits per heavy atom. The Morgan fingerprint density at radius 2 is 1.56 bits per heavy atom. The maximum absolute atomic E-state index is 13.8. The van der Waals surface area contributed by atoms with Crippen LogP contribution in [0.15, 0.2) is 35.3 Å². The maximum Gasteiger partial charge on any atom is 0.305 e. The third-order valence-corrected chi connectivity index (χ3v) is 13.8. The molecule has 6 amide bonds. The molecular formula is C40H65N13O14S3. The van der Waals surface area contributed by atoms with E-state index in [-0.39, 0.29) is 54.8 Å². The number of hydrogen-bond donors (Lipinski definition) is 18.